The van der Waals surface area contributed by atoms with Gasteiger partial charge in [-0.3, -0.25) is 9.98 Å². The molecule has 128 valence electrons. The molecule has 0 radical (unpaired) electrons. The lowest BCUT2D eigenvalue weighted by Gasteiger charge is -2.25. The van der Waals surface area contributed by atoms with Gasteiger partial charge in [-0.1, -0.05) is 37.1 Å². The normalized spacial score (nSPS) is 22.7. The van der Waals surface area contributed by atoms with E-state index < -0.39 is 0 Å². The summed E-state index contributed by atoms with van der Waals surface area (Å²) in [7, 11) is 0. The van der Waals surface area contributed by atoms with Gasteiger partial charge in [0.05, 0.1) is 12.1 Å². The highest BCUT2D eigenvalue weighted by molar-refractivity contribution is 5.84. The molecule has 2 aromatic rings. The van der Waals surface area contributed by atoms with E-state index in [0.29, 0.717) is 0 Å². The van der Waals surface area contributed by atoms with Crippen molar-refractivity contribution in [3.63, 3.8) is 0 Å². The Hall–Kier alpha value is -2.62. The van der Waals surface area contributed by atoms with E-state index in [0.717, 1.165) is 35.5 Å². The van der Waals surface area contributed by atoms with Gasteiger partial charge < -0.3 is 9.47 Å². The summed E-state index contributed by atoms with van der Waals surface area (Å²) < 4.78 is 11.7. The van der Waals surface area contributed by atoms with E-state index in [1.807, 2.05) is 61.0 Å². The van der Waals surface area contributed by atoms with Crippen molar-refractivity contribution in [1.29, 1.82) is 0 Å². The number of rotatable bonds is 0. The lowest BCUT2D eigenvalue weighted by atomic mass is 9.91. The first kappa shape index (κ1) is 15.9. The fourth-order valence-electron chi connectivity index (χ4n) is 3.39. The van der Waals surface area contributed by atoms with Crippen LogP contribution in [0.15, 0.2) is 58.5 Å². The Morgan fingerprint density at radius 2 is 1.16 bits per heavy atom. The van der Waals surface area contributed by atoms with Crippen molar-refractivity contribution in [3.05, 3.63) is 59.7 Å². The monoisotopic (exact) mass is 334 g/mol. The quantitative estimate of drug-likeness (QED) is 0.722. The lowest BCUT2D eigenvalue weighted by molar-refractivity contribution is 0.119. The Balaban J connectivity index is 1.71. The van der Waals surface area contributed by atoms with Crippen LogP contribution in [0, 0.1) is 0 Å². The average Bonchev–Trinajstić information content (AvgIpc) is 2.68. The standard InChI is InChI=1S/C21H22N2O2/c1-5-11-20-16(7-1)13-22-18-9-3-4-10-19(18)23-14-17-8-2-6-12-21(17)25-15-24-20/h1-2,5-8,11-14,18-19H,3-4,9-10,15H2. The van der Waals surface area contributed by atoms with E-state index in [4.69, 9.17) is 19.5 Å². The molecule has 4 heteroatoms. The predicted molar refractivity (Wildman–Crippen MR) is 100 cm³/mol. The highest BCUT2D eigenvalue weighted by atomic mass is 16.7. The number of hydrogen-bond acceptors (Lipinski definition) is 4. The Bertz CT molecular complexity index is 719. The average molecular weight is 334 g/mol. The Morgan fingerprint density at radius 3 is 1.68 bits per heavy atom. The zero-order valence-electron chi connectivity index (χ0n) is 14.2. The molecule has 25 heavy (non-hydrogen) atoms. The molecule has 0 saturated heterocycles. The minimum absolute atomic E-state index is 0.155. The molecule has 1 aliphatic carbocycles. The van der Waals surface area contributed by atoms with Gasteiger partial charge in [0.25, 0.3) is 0 Å². The molecule has 2 aliphatic rings. The minimum atomic E-state index is 0.155. The van der Waals surface area contributed by atoms with Gasteiger partial charge in [-0.25, -0.2) is 0 Å². The molecule has 1 aliphatic heterocycles. The van der Waals surface area contributed by atoms with Crippen molar-refractivity contribution in [2.45, 2.75) is 37.8 Å². The number of ether oxygens (including phenoxy) is 2. The molecule has 0 amide bonds. The van der Waals surface area contributed by atoms with E-state index in [1.165, 1.54) is 12.8 Å². The smallest absolute Gasteiger partial charge is 0.230 e. The summed E-state index contributed by atoms with van der Waals surface area (Å²) in [4.78, 5) is 9.69. The first-order chi connectivity index (χ1) is 12.4. The number of fused-ring (bicyclic) bond motifs is 3. The van der Waals surface area contributed by atoms with Gasteiger partial charge >= 0.3 is 0 Å². The van der Waals surface area contributed by atoms with Crippen LogP contribution in [0.3, 0.4) is 0 Å². The fourth-order valence-corrected chi connectivity index (χ4v) is 3.39. The molecular formula is C21H22N2O2. The van der Waals surface area contributed by atoms with Crippen LogP contribution < -0.4 is 9.47 Å². The van der Waals surface area contributed by atoms with Crippen LogP contribution in [-0.2, 0) is 0 Å². The van der Waals surface area contributed by atoms with Crippen LogP contribution in [0.2, 0.25) is 0 Å². The SMILES string of the molecule is C1=NC2CCCCC2N=Cc2ccccc2OCOc2ccccc21. The second kappa shape index (κ2) is 7.51. The van der Waals surface area contributed by atoms with Crippen molar-refractivity contribution >= 4 is 12.4 Å². The van der Waals surface area contributed by atoms with Crippen LogP contribution >= 0.6 is 0 Å². The number of benzene rings is 2. The van der Waals surface area contributed by atoms with E-state index in [-0.39, 0.29) is 18.9 Å². The zero-order valence-corrected chi connectivity index (χ0v) is 14.2. The summed E-state index contributed by atoms with van der Waals surface area (Å²) in [5.74, 6) is 1.58. The molecule has 0 N–H and O–H groups in total. The fraction of sp³-hybridized carbons (Fsp3) is 0.333. The minimum Gasteiger partial charge on any atom is -0.457 e. The van der Waals surface area contributed by atoms with Gasteiger partial charge in [0, 0.05) is 23.6 Å². The van der Waals surface area contributed by atoms with E-state index in [9.17, 15) is 0 Å². The number of para-hydroxylation sites is 2. The van der Waals surface area contributed by atoms with E-state index >= 15 is 0 Å². The largest absolute Gasteiger partial charge is 0.457 e. The first-order valence-electron chi connectivity index (χ1n) is 8.90. The molecule has 4 rings (SSSR count). The Labute approximate surface area is 148 Å². The van der Waals surface area contributed by atoms with Crippen LogP contribution in [0.1, 0.15) is 36.8 Å². The maximum Gasteiger partial charge on any atom is 0.230 e. The summed E-state index contributed by atoms with van der Waals surface area (Å²) in [5.41, 5.74) is 1.96. The second-order valence-corrected chi connectivity index (χ2v) is 6.46. The summed E-state index contributed by atoms with van der Waals surface area (Å²) in [6, 6.07) is 16.3. The van der Waals surface area contributed by atoms with Gasteiger partial charge in [0.15, 0.2) is 0 Å². The van der Waals surface area contributed by atoms with Gasteiger partial charge in [-0.05, 0) is 37.1 Å². The molecule has 2 aromatic carbocycles. The molecule has 0 aromatic heterocycles. The molecule has 2 unspecified atom stereocenters. The van der Waals surface area contributed by atoms with Gasteiger partial charge in [-0.2, -0.15) is 0 Å². The molecule has 0 spiro atoms. The third-order valence-electron chi connectivity index (χ3n) is 4.77. The summed E-state index contributed by atoms with van der Waals surface area (Å²) >= 11 is 0. The highest BCUT2D eigenvalue weighted by Crippen LogP contribution is 2.26. The maximum absolute atomic E-state index is 5.84. The van der Waals surface area contributed by atoms with Crippen LogP contribution in [0.5, 0.6) is 11.5 Å². The molecule has 2 atom stereocenters. The molecule has 4 nitrogen and oxygen atoms in total. The summed E-state index contributed by atoms with van der Waals surface area (Å²) in [6.45, 7) is 0.155. The zero-order chi connectivity index (χ0) is 16.9. The van der Waals surface area contributed by atoms with Crippen molar-refractivity contribution in [2.24, 2.45) is 9.98 Å². The highest BCUT2D eigenvalue weighted by Gasteiger charge is 2.23. The third kappa shape index (κ3) is 3.73. The first-order valence-corrected chi connectivity index (χ1v) is 8.90. The van der Waals surface area contributed by atoms with Crippen molar-refractivity contribution in [2.75, 3.05) is 6.79 Å². The van der Waals surface area contributed by atoms with Gasteiger partial charge in [-0.15, -0.1) is 0 Å². The van der Waals surface area contributed by atoms with Crippen LogP contribution in [0.25, 0.3) is 0 Å². The van der Waals surface area contributed by atoms with Gasteiger partial charge in [0.1, 0.15) is 11.5 Å². The predicted octanol–water partition coefficient (Wildman–Crippen LogP) is 4.26. The number of hydrogen-bond donors (Lipinski definition) is 0. The van der Waals surface area contributed by atoms with Crippen LogP contribution in [0.4, 0.5) is 0 Å². The maximum atomic E-state index is 5.84. The van der Waals surface area contributed by atoms with Gasteiger partial charge in [0.2, 0.25) is 6.79 Å². The molecule has 1 fully saturated rings. The van der Waals surface area contributed by atoms with Crippen LogP contribution in [-0.4, -0.2) is 31.3 Å². The van der Waals surface area contributed by atoms with Crippen molar-refractivity contribution in [1.82, 2.24) is 0 Å². The second-order valence-electron chi connectivity index (χ2n) is 6.46. The third-order valence-corrected chi connectivity index (χ3v) is 4.77. The Morgan fingerprint density at radius 1 is 0.680 bits per heavy atom. The Kier molecular flexibility index (Phi) is 4.77. The number of nitrogens with zero attached hydrogens (tertiary/aromatic N) is 2. The molecule has 1 heterocycles. The topological polar surface area (TPSA) is 43.2 Å². The summed E-state index contributed by atoms with van der Waals surface area (Å²) in [5, 5.41) is 0. The summed E-state index contributed by atoms with van der Waals surface area (Å²) in [6.07, 6.45) is 8.45. The van der Waals surface area contributed by atoms with E-state index in [2.05, 4.69) is 0 Å². The lowest BCUT2D eigenvalue weighted by Crippen LogP contribution is -2.27. The molecule has 0 bridgehead atoms. The van der Waals surface area contributed by atoms with Crippen molar-refractivity contribution in [3.8, 4) is 11.5 Å². The molecular weight excluding hydrogens is 312 g/mol. The number of aliphatic imine (C=N–C) groups is 2. The van der Waals surface area contributed by atoms with Crippen molar-refractivity contribution < 1.29 is 9.47 Å². The molecule has 1 saturated carbocycles. The van der Waals surface area contributed by atoms with E-state index in [1.54, 1.807) is 0 Å².